The number of benzene rings is 1. The van der Waals surface area contributed by atoms with Gasteiger partial charge in [0.25, 0.3) is 10.2 Å². The quantitative estimate of drug-likeness (QED) is 0.896. The van der Waals surface area contributed by atoms with Gasteiger partial charge in [-0.3, -0.25) is 0 Å². The summed E-state index contributed by atoms with van der Waals surface area (Å²) in [5.41, 5.74) is 1.16. The topological polar surface area (TPSA) is 58.6 Å². The van der Waals surface area contributed by atoms with Crippen LogP contribution in [-0.2, 0) is 16.6 Å². The van der Waals surface area contributed by atoms with Crippen LogP contribution in [0.4, 0.5) is 0 Å². The second kappa shape index (κ2) is 7.20. The van der Waals surface area contributed by atoms with Gasteiger partial charge in [0.05, 0.1) is 6.61 Å². The van der Waals surface area contributed by atoms with E-state index in [9.17, 15) is 8.42 Å². The van der Waals surface area contributed by atoms with Gasteiger partial charge in [-0.1, -0.05) is 37.5 Å². The van der Waals surface area contributed by atoms with E-state index in [1.165, 1.54) is 10.7 Å². The molecule has 1 heterocycles. The molecule has 128 valence electrons. The zero-order chi connectivity index (χ0) is 16.3. The van der Waals surface area contributed by atoms with Gasteiger partial charge in [0.15, 0.2) is 0 Å². The smallest absolute Gasteiger partial charge is 0.279 e. The Morgan fingerprint density at radius 3 is 2.74 bits per heavy atom. The molecule has 0 radical (unpaired) electrons. The molecule has 0 bridgehead atoms. The first kappa shape index (κ1) is 16.7. The van der Waals surface area contributed by atoms with Gasteiger partial charge in [-0.2, -0.15) is 12.7 Å². The van der Waals surface area contributed by atoms with Gasteiger partial charge < -0.3 is 4.74 Å². The maximum atomic E-state index is 12.5. The van der Waals surface area contributed by atoms with Crippen molar-refractivity contribution in [1.29, 1.82) is 0 Å². The zero-order valence-electron chi connectivity index (χ0n) is 13.7. The number of rotatable bonds is 5. The van der Waals surface area contributed by atoms with E-state index in [2.05, 4.69) is 4.72 Å². The van der Waals surface area contributed by atoms with Crippen molar-refractivity contribution in [1.82, 2.24) is 9.03 Å². The molecule has 6 heteroatoms. The van der Waals surface area contributed by atoms with Crippen LogP contribution in [0.3, 0.4) is 0 Å². The summed E-state index contributed by atoms with van der Waals surface area (Å²) in [7, 11) is -1.71. The van der Waals surface area contributed by atoms with Crippen LogP contribution in [0.2, 0.25) is 0 Å². The van der Waals surface area contributed by atoms with Crippen molar-refractivity contribution < 1.29 is 13.2 Å². The van der Waals surface area contributed by atoms with Crippen LogP contribution < -0.4 is 9.46 Å². The summed E-state index contributed by atoms with van der Waals surface area (Å²) < 4.78 is 35.0. The Morgan fingerprint density at radius 1 is 1.22 bits per heavy atom. The van der Waals surface area contributed by atoms with Gasteiger partial charge in [0, 0.05) is 25.6 Å². The number of hydrogen-bond acceptors (Lipinski definition) is 3. The molecule has 1 aromatic rings. The molecule has 0 amide bonds. The number of nitrogens with one attached hydrogen (secondary N) is 1. The minimum atomic E-state index is -3.41. The zero-order valence-corrected chi connectivity index (χ0v) is 14.5. The number of ether oxygens (including phenoxy) is 1. The minimum Gasteiger partial charge on any atom is -0.493 e. The number of nitrogens with zero attached hydrogens (tertiary/aromatic N) is 1. The lowest BCUT2D eigenvalue weighted by molar-refractivity contribution is 0.221. The molecule has 1 atom stereocenters. The molecule has 3 rings (SSSR count). The molecule has 0 aromatic heterocycles. The Balaban J connectivity index is 1.55. The first-order chi connectivity index (χ1) is 11.1. The molecule has 1 aliphatic heterocycles. The van der Waals surface area contributed by atoms with Crippen molar-refractivity contribution in [2.45, 2.75) is 44.6 Å². The number of para-hydroxylation sites is 1. The lowest BCUT2D eigenvalue weighted by atomic mass is 9.96. The molecule has 1 unspecified atom stereocenters. The van der Waals surface area contributed by atoms with Crippen molar-refractivity contribution in [3.05, 3.63) is 29.8 Å². The predicted octanol–water partition coefficient (Wildman–Crippen LogP) is 2.34. The van der Waals surface area contributed by atoms with Crippen LogP contribution >= 0.6 is 0 Å². The first-order valence-electron chi connectivity index (χ1n) is 8.49. The molecule has 5 nitrogen and oxygen atoms in total. The Kier molecular flexibility index (Phi) is 5.24. The summed E-state index contributed by atoms with van der Waals surface area (Å²) >= 11 is 0. The van der Waals surface area contributed by atoms with Crippen molar-refractivity contribution >= 4 is 10.2 Å². The molecule has 1 aromatic carbocycles. The maximum Gasteiger partial charge on any atom is 0.279 e. The van der Waals surface area contributed by atoms with Crippen LogP contribution in [0.5, 0.6) is 5.75 Å². The summed E-state index contributed by atoms with van der Waals surface area (Å²) in [6.07, 6.45) is 6.26. The summed E-state index contributed by atoms with van der Waals surface area (Å²) in [6.45, 7) is 0.987. The van der Waals surface area contributed by atoms with Crippen molar-refractivity contribution in [2.75, 3.05) is 20.2 Å². The molecule has 1 fully saturated rings. The van der Waals surface area contributed by atoms with Crippen LogP contribution in [-0.4, -0.2) is 39.0 Å². The molecular formula is C17H26N2O3S. The maximum absolute atomic E-state index is 12.5. The lowest BCUT2D eigenvalue weighted by Crippen LogP contribution is -2.47. The molecular weight excluding hydrogens is 312 g/mol. The van der Waals surface area contributed by atoms with Gasteiger partial charge >= 0.3 is 0 Å². The van der Waals surface area contributed by atoms with E-state index in [0.717, 1.165) is 43.4 Å². The Labute approximate surface area is 139 Å². The SMILES string of the molecule is CN(C1CCCCC1)S(=O)(=O)NCC1COc2ccccc2C1. The first-order valence-corrected chi connectivity index (χ1v) is 9.93. The van der Waals surface area contributed by atoms with Gasteiger partial charge in [-0.15, -0.1) is 0 Å². The third kappa shape index (κ3) is 4.05. The Morgan fingerprint density at radius 2 is 1.96 bits per heavy atom. The average Bonchev–Trinajstić information content (AvgIpc) is 2.60. The van der Waals surface area contributed by atoms with Crippen LogP contribution in [0.25, 0.3) is 0 Å². The van der Waals surface area contributed by atoms with E-state index in [0.29, 0.717) is 13.2 Å². The highest BCUT2D eigenvalue weighted by Gasteiger charge is 2.28. The minimum absolute atomic E-state index is 0.143. The van der Waals surface area contributed by atoms with E-state index in [1.807, 2.05) is 24.3 Å². The molecule has 1 saturated carbocycles. The highest BCUT2D eigenvalue weighted by atomic mass is 32.2. The van der Waals surface area contributed by atoms with Crippen LogP contribution in [0.1, 0.15) is 37.7 Å². The van der Waals surface area contributed by atoms with E-state index in [4.69, 9.17) is 4.74 Å². The molecule has 0 spiro atoms. The van der Waals surface area contributed by atoms with Crippen molar-refractivity contribution in [3.63, 3.8) is 0 Å². The monoisotopic (exact) mass is 338 g/mol. The fourth-order valence-electron chi connectivity index (χ4n) is 3.49. The van der Waals surface area contributed by atoms with Crippen molar-refractivity contribution in [2.24, 2.45) is 5.92 Å². The van der Waals surface area contributed by atoms with Gasteiger partial charge in [-0.25, -0.2) is 4.72 Å². The summed E-state index contributed by atoms with van der Waals surface area (Å²) in [6, 6.07) is 8.10. The largest absolute Gasteiger partial charge is 0.493 e. The van der Waals surface area contributed by atoms with Gasteiger partial charge in [-0.05, 0) is 30.9 Å². The highest BCUT2D eigenvalue weighted by Crippen LogP contribution is 2.27. The number of hydrogen-bond donors (Lipinski definition) is 1. The lowest BCUT2D eigenvalue weighted by Gasteiger charge is -2.31. The third-order valence-electron chi connectivity index (χ3n) is 4.98. The van der Waals surface area contributed by atoms with E-state index >= 15 is 0 Å². The standard InChI is InChI=1S/C17H26N2O3S/c1-19(16-8-3-2-4-9-16)23(20,21)18-12-14-11-15-7-5-6-10-17(15)22-13-14/h5-7,10,14,16,18H,2-4,8-9,11-13H2,1H3. The second-order valence-corrected chi connectivity index (χ2v) is 8.47. The molecule has 1 aliphatic carbocycles. The normalized spacial score (nSPS) is 22.6. The number of fused-ring (bicyclic) bond motifs is 1. The highest BCUT2D eigenvalue weighted by molar-refractivity contribution is 7.87. The summed E-state index contributed by atoms with van der Waals surface area (Å²) in [5, 5.41) is 0. The fraction of sp³-hybridized carbons (Fsp3) is 0.647. The van der Waals surface area contributed by atoms with E-state index in [-0.39, 0.29) is 12.0 Å². The van der Waals surface area contributed by atoms with Crippen LogP contribution in [0, 0.1) is 5.92 Å². The fourth-order valence-corrected chi connectivity index (χ4v) is 4.74. The second-order valence-electron chi connectivity index (χ2n) is 6.65. The molecule has 2 aliphatic rings. The van der Waals surface area contributed by atoms with Gasteiger partial charge in [0.2, 0.25) is 0 Å². The molecule has 1 N–H and O–H groups in total. The van der Waals surface area contributed by atoms with Gasteiger partial charge in [0.1, 0.15) is 5.75 Å². The Hall–Kier alpha value is -1.11. The summed E-state index contributed by atoms with van der Waals surface area (Å²) in [5.74, 6) is 1.10. The molecule has 23 heavy (non-hydrogen) atoms. The average molecular weight is 338 g/mol. The van der Waals surface area contributed by atoms with E-state index in [1.54, 1.807) is 7.05 Å². The third-order valence-corrected chi connectivity index (χ3v) is 6.57. The predicted molar refractivity (Wildman–Crippen MR) is 90.7 cm³/mol. The van der Waals surface area contributed by atoms with Crippen molar-refractivity contribution in [3.8, 4) is 5.75 Å². The summed E-state index contributed by atoms with van der Waals surface area (Å²) in [4.78, 5) is 0. The van der Waals surface area contributed by atoms with Crippen LogP contribution in [0.15, 0.2) is 24.3 Å². The Bertz CT molecular complexity index is 626. The van der Waals surface area contributed by atoms with E-state index < -0.39 is 10.2 Å². The molecule has 0 saturated heterocycles.